The number of allylic oxidation sites excluding steroid dienone is 1. The van der Waals surface area contributed by atoms with Crippen molar-refractivity contribution in [1.82, 2.24) is 4.90 Å². The van der Waals surface area contributed by atoms with E-state index < -0.39 is 45.7 Å². The van der Waals surface area contributed by atoms with Crippen LogP contribution in [0.25, 0.3) is 0 Å². The molecular formula is C40H61NO6S. The molecule has 0 radical (unpaired) electrons. The summed E-state index contributed by atoms with van der Waals surface area (Å²) in [5, 5.41) is 0. The first-order valence-corrected chi connectivity index (χ1v) is 19.4. The van der Waals surface area contributed by atoms with Gasteiger partial charge in [-0.15, -0.1) is 18.9 Å². The molecule has 3 unspecified atom stereocenters. The van der Waals surface area contributed by atoms with Gasteiger partial charge in [-0.3, -0.25) is 28.2 Å². The molecule has 1 heterocycles. The Morgan fingerprint density at radius 2 is 1.65 bits per heavy atom. The van der Waals surface area contributed by atoms with Gasteiger partial charge in [0.2, 0.25) is 11.7 Å². The van der Waals surface area contributed by atoms with Gasteiger partial charge in [0.05, 0.1) is 6.04 Å². The van der Waals surface area contributed by atoms with E-state index in [1.165, 1.54) is 0 Å². The second-order valence-corrected chi connectivity index (χ2v) is 19.8. The molecule has 2 saturated carbocycles. The van der Waals surface area contributed by atoms with Crippen LogP contribution in [0.4, 0.5) is 0 Å². The standard InChI is InChI=1S/C40H61NO6S/c1-11-13-18-27(35(45)31(43)19-14-12-2)22-32(44)34-33-30(39(33,9)10)25-41(34)36(46)29(37(3,4)5)23-28(42)24-40(20-16-15-17-21-40)26-48(47)38(6,7)8/h1,12,27,29-30,33-34H,2,13-26H2,3-10H3/t27?,29-,30?,33+,34-,48?/m1/s1. The fraction of sp³-hybridized carbons (Fsp3) is 0.775. The van der Waals surface area contributed by atoms with Crippen LogP contribution in [0, 0.1) is 52.3 Å². The minimum atomic E-state index is -1.09. The average Bonchev–Trinajstić information content (AvgIpc) is 3.30. The molecular weight excluding hydrogens is 623 g/mol. The number of ketones is 4. The fourth-order valence-electron chi connectivity index (χ4n) is 8.26. The first-order valence-electron chi connectivity index (χ1n) is 18.0. The Morgan fingerprint density at radius 1 is 1.02 bits per heavy atom. The predicted molar refractivity (Wildman–Crippen MR) is 192 cm³/mol. The number of carbonyl (C=O) groups excluding carboxylic acids is 5. The number of Topliss-reactive ketones (excluding diaryl/α,β-unsaturated/α-hetero) is 4. The Balaban J connectivity index is 1.85. The summed E-state index contributed by atoms with van der Waals surface area (Å²) < 4.78 is 12.9. The first kappa shape index (κ1) is 40.0. The number of likely N-dealkylation sites (tertiary alicyclic amines) is 1. The van der Waals surface area contributed by atoms with Crippen LogP contribution in [-0.4, -0.2) is 61.2 Å². The molecule has 6 atom stereocenters. The number of fused-ring (bicyclic) bond motifs is 1. The smallest absolute Gasteiger partial charge is 0.227 e. The van der Waals surface area contributed by atoms with Gasteiger partial charge >= 0.3 is 0 Å². The largest absolute Gasteiger partial charge is 0.332 e. The zero-order valence-corrected chi connectivity index (χ0v) is 31.8. The van der Waals surface area contributed by atoms with Crippen molar-refractivity contribution in [1.29, 1.82) is 0 Å². The maximum atomic E-state index is 14.5. The van der Waals surface area contributed by atoms with Crippen molar-refractivity contribution in [3.05, 3.63) is 12.7 Å². The van der Waals surface area contributed by atoms with E-state index in [1.807, 2.05) is 41.5 Å². The topological polar surface area (TPSA) is 106 Å². The van der Waals surface area contributed by atoms with Crippen molar-refractivity contribution in [3.8, 4) is 12.3 Å². The molecule has 2 aliphatic carbocycles. The Kier molecular flexibility index (Phi) is 13.1. The van der Waals surface area contributed by atoms with Crippen molar-refractivity contribution in [2.45, 2.75) is 143 Å². The van der Waals surface area contributed by atoms with Gasteiger partial charge < -0.3 is 4.90 Å². The van der Waals surface area contributed by atoms with E-state index in [1.54, 1.807) is 11.0 Å². The minimum Gasteiger partial charge on any atom is -0.332 e. The summed E-state index contributed by atoms with van der Waals surface area (Å²) in [4.78, 5) is 70.2. The lowest BCUT2D eigenvalue weighted by Gasteiger charge is -2.40. The summed E-state index contributed by atoms with van der Waals surface area (Å²) in [6.07, 6.45) is 13.1. The Bertz CT molecular complexity index is 1320. The fourth-order valence-corrected chi connectivity index (χ4v) is 9.64. The zero-order chi connectivity index (χ0) is 36.2. The molecule has 0 aromatic carbocycles. The van der Waals surface area contributed by atoms with E-state index >= 15 is 0 Å². The molecule has 0 aromatic heterocycles. The highest BCUT2D eigenvalue weighted by atomic mass is 32.2. The number of hydrogen-bond donors (Lipinski definition) is 0. The summed E-state index contributed by atoms with van der Waals surface area (Å²) in [6.45, 7) is 20.1. The zero-order valence-electron chi connectivity index (χ0n) is 31.0. The lowest BCUT2D eigenvalue weighted by Crippen LogP contribution is -2.51. The average molecular weight is 684 g/mol. The van der Waals surface area contributed by atoms with Gasteiger partial charge in [-0.1, -0.05) is 60.0 Å². The Morgan fingerprint density at radius 3 is 2.19 bits per heavy atom. The molecule has 0 aromatic rings. The molecule has 8 heteroatoms. The molecule has 48 heavy (non-hydrogen) atoms. The number of piperidine rings is 1. The molecule has 7 nitrogen and oxygen atoms in total. The summed E-state index contributed by atoms with van der Waals surface area (Å²) >= 11 is 0. The van der Waals surface area contributed by atoms with Gasteiger partial charge in [0.15, 0.2) is 11.6 Å². The highest BCUT2D eigenvalue weighted by molar-refractivity contribution is 7.86. The van der Waals surface area contributed by atoms with E-state index in [0.29, 0.717) is 25.1 Å². The van der Waals surface area contributed by atoms with Crippen LogP contribution in [0.5, 0.6) is 0 Å². The maximum Gasteiger partial charge on any atom is 0.227 e. The number of rotatable bonds is 17. The lowest BCUT2D eigenvalue weighted by atomic mass is 9.70. The third-order valence-corrected chi connectivity index (χ3v) is 13.7. The van der Waals surface area contributed by atoms with Gasteiger partial charge in [-0.25, -0.2) is 0 Å². The van der Waals surface area contributed by atoms with Gasteiger partial charge in [-0.2, -0.15) is 0 Å². The third-order valence-electron chi connectivity index (χ3n) is 11.5. The maximum absolute atomic E-state index is 14.5. The van der Waals surface area contributed by atoms with Crippen molar-refractivity contribution < 1.29 is 28.2 Å². The summed E-state index contributed by atoms with van der Waals surface area (Å²) in [5.41, 5.74) is -0.989. The number of amides is 1. The van der Waals surface area contributed by atoms with Crippen molar-refractivity contribution >= 4 is 39.8 Å². The molecule has 3 aliphatic rings. The third kappa shape index (κ3) is 9.43. The SMILES string of the molecule is C#CCCC(CC(=O)[C@@H]1[C@@H]2C(CN1C(=O)[C@@H](CC(=O)CC1(CS(=O)C(C)(C)C)CCCCC1)C(C)(C)C)C2(C)C)C(=O)C(=O)CCC=C. The predicted octanol–water partition coefficient (Wildman–Crippen LogP) is 7.07. The van der Waals surface area contributed by atoms with Gasteiger partial charge in [-0.05, 0) is 74.5 Å². The van der Waals surface area contributed by atoms with Crippen molar-refractivity contribution in [2.24, 2.45) is 39.9 Å². The molecule has 1 aliphatic heterocycles. The molecule has 268 valence electrons. The van der Waals surface area contributed by atoms with Crippen LogP contribution in [0.1, 0.15) is 132 Å². The van der Waals surface area contributed by atoms with E-state index in [0.717, 1.165) is 32.1 Å². The number of terminal acetylenes is 1. The molecule has 1 amide bonds. The number of hydrogen-bond acceptors (Lipinski definition) is 6. The van der Waals surface area contributed by atoms with E-state index in [4.69, 9.17) is 6.42 Å². The second kappa shape index (κ2) is 15.7. The van der Waals surface area contributed by atoms with E-state index in [2.05, 4.69) is 26.3 Å². The monoisotopic (exact) mass is 683 g/mol. The quantitative estimate of drug-likeness (QED) is 0.0923. The van der Waals surface area contributed by atoms with E-state index in [-0.39, 0.29) is 77.0 Å². The molecule has 0 bridgehead atoms. The van der Waals surface area contributed by atoms with Crippen LogP contribution in [0.3, 0.4) is 0 Å². The van der Waals surface area contributed by atoms with Gasteiger partial charge in [0.25, 0.3) is 0 Å². The van der Waals surface area contributed by atoms with Crippen LogP contribution in [0.15, 0.2) is 12.7 Å². The Hall–Kier alpha value is -2.40. The van der Waals surface area contributed by atoms with Crippen LogP contribution >= 0.6 is 0 Å². The summed E-state index contributed by atoms with van der Waals surface area (Å²) in [5.74, 6) is 0.188. The first-order chi connectivity index (χ1) is 22.2. The normalized spacial score (nSPS) is 24.8. The molecule has 3 rings (SSSR count). The second-order valence-electron chi connectivity index (χ2n) is 17.6. The minimum absolute atomic E-state index is 0.0154. The number of carbonyl (C=O) groups is 5. The van der Waals surface area contributed by atoms with Crippen LogP contribution in [0.2, 0.25) is 0 Å². The van der Waals surface area contributed by atoms with Gasteiger partial charge in [0.1, 0.15) is 5.78 Å². The molecule has 3 fully saturated rings. The van der Waals surface area contributed by atoms with Crippen LogP contribution < -0.4 is 0 Å². The molecule has 0 spiro atoms. The van der Waals surface area contributed by atoms with Crippen LogP contribution in [-0.2, 0) is 34.8 Å². The van der Waals surface area contributed by atoms with E-state index in [9.17, 15) is 28.2 Å². The lowest BCUT2D eigenvalue weighted by molar-refractivity contribution is -0.148. The number of nitrogens with zero attached hydrogens (tertiary/aromatic N) is 1. The summed E-state index contributed by atoms with van der Waals surface area (Å²) in [7, 11) is -1.09. The Labute approximate surface area is 292 Å². The summed E-state index contributed by atoms with van der Waals surface area (Å²) in [6, 6.07) is -0.708. The highest BCUT2D eigenvalue weighted by Gasteiger charge is 2.69. The van der Waals surface area contributed by atoms with Gasteiger partial charge in [0, 0.05) is 71.8 Å². The highest BCUT2D eigenvalue weighted by Crippen LogP contribution is 2.65. The molecule has 0 N–H and O–H groups in total. The van der Waals surface area contributed by atoms with Crippen molar-refractivity contribution in [2.75, 3.05) is 12.3 Å². The van der Waals surface area contributed by atoms with Crippen molar-refractivity contribution in [3.63, 3.8) is 0 Å². The molecule has 1 saturated heterocycles.